The zero-order valence-corrected chi connectivity index (χ0v) is 11.5. The molecular formula is C14H19N3O3. The highest BCUT2D eigenvalue weighted by molar-refractivity contribution is 5.27. The largest absolute Gasteiger partial charge is 0.491 e. The van der Waals surface area contributed by atoms with Gasteiger partial charge in [-0.2, -0.15) is 4.98 Å². The summed E-state index contributed by atoms with van der Waals surface area (Å²) in [4.78, 5) is 3.91. The number of aliphatic hydroxyl groups is 1. The molecule has 0 amide bonds. The Balaban J connectivity index is 1.59. The monoisotopic (exact) mass is 277 g/mol. The molecule has 108 valence electrons. The normalized spacial score (nSPS) is 12.3. The Hall–Kier alpha value is -1.92. The van der Waals surface area contributed by atoms with Crippen LogP contribution in [0.25, 0.3) is 0 Å². The number of aromatic nitrogens is 2. The van der Waals surface area contributed by atoms with Crippen LogP contribution >= 0.6 is 0 Å². The highest BCUT2D eigenvalue weighted by atomic mass is 16.5. The van der Waals surface area contributed by atoms with Crippen molar-refractivity contribution in [2.75, 3.05) is 19.7 Å². The van der Waals surface area contributed by atoms with E-state index in [0.29, 0.717) is 25.4 Å². The molecule has 1 heterocycles. The van der Waals surface area contributed by atoms with E-state index in [4.69, 9.17) is 9.26 Å². The van der Waals surface area contributed by atoms with Gasteiger partial charge in [0.05, 0.1) is 0 Å². The smallest absolute Gasteiger partial charge is 0.227 e. The van der Waals surface area contributed by atoms with Crippen molar-refractivity contribution in [1.29, 1.82) is 0 Å². The van der Waals surface area contributed by atoms with E-state index in [1.54, 1.807) is 0 Å². The number of ether oxygens (including phenoxy) is 1. The minimum Gasteiger partial charge on any atom is -0.491 e. The summed E-state index contributed by atoms with van der Waals surface area (Å²) < 4.78 is 10.4. The first-order valence-electron chi connectivity index (χ1n) is 6.58. The van der Waals surface area contributed by atoms with E-state index < -0.39 is 6.10 Å². The van der Waals surface area contributed by atoms with Gasteiger partial charge in [0.15, 0.2) is 6.33 Å². The second-order valence-electron chi connectivity index (χ2n) is 4.57. The Morgan fingerprint density at radius 2 is 2.35 bits per heavy atom. The van der Waals surface area contributed by atoms with Gasteiger partial charge in [-0.05, 0) is 24.6 Å². The van der Waals surface area contributed by atoms with Crippen molar-refractivity contribution in [3.63, 3.8) is 0 Å². The Morgan fingerprint density at radius 3 is 3.10 bits per heavy atom. The SMILES string of the molecule is Cc1cccc(OCC(O)CNCCc2ncno2)c1. The average Bonchev–Trinajstić information content (AvgIpc) is 2.95. The molecule has 0 fully saturated rings. The lowest BCUT2D eigenvalue weighted by Gasteiger charge is -2.13. The second-order valence-corrected chi connectivity index (χ2v) is 4.57. The van der Waals surface area contributed by atoms with Gasteiger partial charge in [0.2, 0.25) is 5.89 Å². The maximum atomic E-state index is 9.80. The third-order valence-electron chi connectivity index (χ3n) is 2.73. The lowest BCUT2D eigenvalue weighted by atomic mass is 10.2. The summed E-state index contributed by atoms with van der Waals surface area (Å²) in [6.07, 6.45) is 1.46. The highest BCUT2D eigenvalue weighted by Crippen LogP contribution is 2.12. The van der Waals surface area contributed by atoms with Crippen LogP contribution in [0, 0.1) is 6.92 Å². The molecule has 6 heteroatoms. The topological polar surface area (TPSA) is 80.4 Å². The zero-order valence-electron chi connectivity index (χ0n) is 11.5. The summed E-state index contributed by atoms with van der Waals surface area (Å²) in [6, 6.07) is 7.75. The molecule has 0 radical (unpaired) electrons. The van der Waals surface area contributed by atoms with Gasteiger partial charge in [-0.1, -0.05) is 17.3 Å². The van der Waals surface area contributed by atoms with Crippen LogP contribution in [0.5, 0.6) is 5.75 Å². The van der Waals surface area contributed by atoms with Gasteiger partial charge in [-0.3, -0.25) is 0 Å². The van der Waals surface area contributed by atoms with Crippen molar-refractivity contribution in [1.82, 2.24) is 15.5 Å². The van der Waals surface area contributed by atoms with Gasteiger partial charge in [-0.15, -0.1) is 0 Å². The molecule has 1 aromatic carbocycles. The minimum atomic E-state index is -0.557. The molecule has 20 heavy (non-hydrogen) atoms. The summed E-state index contributed by atoms with van der Waals surface area (Å²) in [5.41, 5.74) is 1.13. The molecule has 2 N–H and O–H groups in total. The van der Waals surface area contributed by atoms with Gasteiger partial charge in [0.1, 0.15) is 18.5 Å². The van der Waals surface area contributed by atoms with Crippen LogP contribution in [0.15, 0.2) is 35.1 Å². The second kappa shape index (κ2) is 7.62. The predicted molar refractivity (Wildman–Crippen MR) is 73.6 cm³/mol. The van der Waals surface area contributed by atoms with Gasteiger partial charge in [-0.25, -0.2) is 0 Å². The first kappa shape index (κ1) is 14.5. The van der Waals surface area contributed by atoms with Crippen LogP contribution < -0.4 is 10.1 Å². The Morgan fingerprint density at radius 1 is 1.45 bits per heavy atom. The summed E-state index contributed by atoms with van der Waals surface area (Å²) in [7, 11) is 0. The molecule has 0 aliphatic rings. The molecule has 0 bridgehead atoms. The van der Waals surface area contributed by atoms with Crippen molar-refractivity contribution in [2.45, 2.75) is 19.4 Å². The fourth-order valence-electron chi connectivity index (χ4n) is 1.73. The van der Waals surface area contributed by atoms with Crippen LogP contribution in [-0.2, 0) is 6.42 Å². The summed E-state index contributed by atoms with van der Waals surface area (Å²) in [6.45, 7) is 3.39. The fraction of sp³-hybridized carbons (Fsp3) is 0.429. The lowest BCUT2D eigenvalue weighted by Crippen LogP contribution is -2.32. The third-order valence-corrected chi connectivity index (χ3v) is 2.73. The van der Waals surface area contributed by atoms with Gasteiger partial charge < -0.3 is 19.7 Å². The van der Waals surface area contributed by atoms with Crippen LogP contribution in [0.1, 0.15) is 11.5 Å². The standard InChI is InChI=1S/C14H19N3O3/c1-11-3-2-4-13(7-11)19-9-12(18)8-15-6-5-14-16-10-17-20-14/h2-4,7,10,12,15,18H,5-6,8-9H2,1H3. The number of nitrogens with one attached hydrogen (secondary N) is 1. The molecule has 0 spiro atoms. The first-order chi connectivity index (χ1) is 9.74. The Labute approximate surface area is 117 Å². The summed E-state index contributed by atoms with van der Waals surface area (Å²) in [5.74, 6) is 1.36. The van der Waals surface area contributed by atoms with Crippen molar-refractivity contribution in [3.8, 4) is 5.75 Å². The molecule has 2 aromatic rings. The molecule has 1 unspecified atom stereocenters. The van der Waals surface area contributed by atoms with Crippen LogP contribution in [0.4, 0.5) is 0 Å². The van der Waals surface area contributed by atoms with E-state index in [-0.39, 0.29) is 6.61 Å². The molecule has 1 atom stereocenters. The highest BCUT2D eigenvalue weighted by Gasteiger charge is 2.05. The predicted octanol–water partition coefficient (Wildman–Crippen LogP) is 0.950. The lowest BCUT2D eigenvalue weighted by molar-refractivity contribution is 0.106. The number of aryl methyl sites for hydroxylation is 1. The molecule has 0 saturated carbocycles. The van der Waals surface area contributed by atoms with Crippen molar-refractivity contribution in [2.24, 2.45) is 0 Å². The van der Waals surface area contributed by atoms with E-state index in [9.17, 15) is 5.11 Å². The number of hydrogen-bond acceptors (Lipinski definition) is 6. The molecule has 0 aliphatic carbocycles. The van der Waals surface area contributed by atoms with E-state index >= 15 is 0 Å². The van der Waals surface area contributed by atoms with Gasteiger partial charge in [0, 0.05) is 19.5 Å². The van der Waals surface area contributed by atoms with Crippen LogP contribution in [0.2, 0.25) is 0 Å². The summed E-state index contributed by atoms with van der Waals surface area (Å²) >= 11 is 0. The van der Waals surface area contributed by atoms with E-state index in [2.05, 4.69) is 15.5 Å². The maximum Gasteiger partial charge on any atom is 0.227 e. The Bertz CT molecular complexity index is 502. The molecular weight excluding hydrogens is 258 g/mol. The van der Waals surface area contributed by atoms with Gasteiger partial charge in [0.25, 0.3) is 0 Å². The average molecular weight is 277 g/mol. The van der Waals surface area contributed by atoms with E-state index in [1.807, 2.05) is 31.2 Å². The number of hydrogen-bond donors (Lipinski definition) is 2. The van der Waals surface area contributed by atoms with Crippen LogP contribution in [0.3, 0.4) is 0 Å². The quantitative estimate of drug-likeness (QED) is 0.699. The molecule has 2 rings (SSSR count). The van der Waals surface area contributed by atoms with Crippen molar-refractivity contribution >= 4 is 0 Å². The minimum absolute atomic E-state index is 0.261. The number of rotatable bonds is 8. The van der Waals surface area contributed by atoms with Crippen molar-refractivity contribution in [3.05, 3.63) is 42.0 Å². The number of nitrogens with zero attached hydrogens (tertiary/aromatic N) is 2. The fourth-order valence-corrected chi connectivity index (χ4v) is 1.73. The molecule has 0 aliphatic heterocycles. The van der Waals surface area contributed by atoms with E-state index in [0.717, 1.165) is 11.3 Å². The molecule has 1 aromatic heterocycles. The van der Waals surface area contributed by atoms with E-state index in [1.165, 1.54) is 6.33 Å². The van der Waals surface area contributed by atoms with Gasteiger partial charge >= 0.3 is 0 Å². The van der Waals surface area contributed by atoms with Crippen molar-refractivity contribution < 1.29 is 14.4 Å². The number of aliphatic hydroxyl groups excluding tert-OH is 1. The molecule has 6 nitrogen and oxygen atoms in total. The van der Waals surface area contributed by atoms with Crippen LogP contribution in [-0.4, -0.2) is 41.0 Å². The number of benzene rings is 1. The molecule has 0 saturated heterocycles. The maximum absolute atomic E-state index is 9.80. The Kier molecular flexibility index (Phi) is 5.52. The summed E-state index contributed by atoms with van der Waals surface area (Å²) in [5, 5.41) is 16.4. The first-order valence-corrected chi connectivity index (χ1v) is 6.58. The third kappa shape index (κ3) is 4.99. The zero-order chi connectivity index (χ0) is 14.2.